The van der Waals surface area contributed by atoms with E-state index in [4.69, 9.17) is 5.11 Å². The molecule has 2 rings (SSSR count). The third-order valence-corrected chi connectivity index (χ3v) is 2.33. The zero-order chi connectivity index (χ0) is 14.4. The number of hydrogen-bond acceptors (Lipinski definition) is 4. The number of carbonyl (C=O) groups is 1. The minimum atomic E-state index is -0.565. The maximum absolute atomic E-state index is 13.6. The summed E-state index contributed by atoms with van der Waals surface area (Å²) in [7, 11) is 0. The van der Waals surface area contributed by atoms with Crippen LogP contribution in [-0.4, -0.2) is 32.6 Å². The molecule has 0 saturated carbocycles. The molecular weight excluding hydrogens is 263 g/mol. The fourth-order valence-corrected chi connectivity index (χ4v) is 1.49. The fourth-order valence-electron chi connectivity index (χ4n) is 1.49. The van der Waals surface area contributed by atoms with Crippen molar-refractivity contribution in [3.05, 3.63) is 42.0 Å². The highest BCUT2D eigenvalue weighted by molar-refractivity contribution is 5.90. The molecule has 20 heavy (non-hydrogen) atoms. The Bertz CT molecular complexity index is 659. The molecule has 0 saturated heterocycles. The predicted octanol–water partition coefficient (Wildman–Crippen LogP) is 0.400. The number of hydrogen-bond donors (Lipinski definition) is 2. The fraction of sp³-hybridized carbons (Fsp3) is 0.154. The van der Waals surface area contributed by atoms with E-state index in [-0.39, 0.29) is 24.6 Å². The van der Waals surface area contributed by atoms with Crippen LogP contribution in [0.2, 0.25) is 0 Å². The van der Waals surface area contributed by atoms with E-state index in [0.717, 1.165) is 0 Å². The normalized spacial score (nSPS) is 9.70. The number of amides is 1. The molecule has 102 valence electrons. The minimum absolute atomic E-state index is 0.00626. The van der Waals surface area contributed by atoms with Crippen LogP contribution in [0.25, 0.3) is 0 Å². The average molecular weight is 274 g/mol. The molecule has 0 fully saturated rings. The van der Waals surface area contributed by atoms with Crippen molar-refractivity contribution in [1.29, 1.82) is 0 Å². The summed E-state index contributed by atoms with van der Waals surface area (Å²) in [6.07, 6.45) is 3.01. The van der Waals surface area contributed by atoms with Crippen LogP contribution < -0.4 is 5.32 Å². The van der Waals surface area contributed by atoms with Crippen molar-refractivity contribution in [2.75, 3.05) is 11.9 Å². The molecule has 0 unspecified atom stereocenters. The molecule has 0 bridgehead atoms. The van der Waals surface area contributed by atoms with Crippen LogP contribution in [0.15, 0.2) is 30.6 Å². The summed E-state index contributed by atoms with van der Waals surface area (Å²) in [6, 6.07) is 4.13. The van der Waals surface area contributed by atoms with Crippen molar-refractivity contribution in [1.82, 2.24) is 15.0 Å². The van der Waals surface area contributed by atoms with E-state index < -0.39 is 5.82 Å². The summed E-state index contributed by atoms with van der Waals surface area (Å²) in [6.45, 7) is -0.344. The zero-order valence-electron chi connectivity index (χ0n) is 10.4. The Hall–Kier alpha value is -2.72. The number of nitrogens with zero attached hydrogens (tertiary/aromatic N) is 3. The van der Waals surface area contributed by atoms with Gasteiger partial charge < -0.3 is 10.4 Å². The standard InChI is InChI=1S/C13H11FN4O2/c14-12-8-11(4-3-10(12)2-1-7-19)16-13(20)9-18-6-5-15-17-18/h3-6,8,19H,7,9H2,(H,16,20). The lowest BCUT2D eigenvalue weighted by Gasteiger charge is -2.05. The Kier molecular flexibility index (Phi) is 4.42. The summed E-state index contributed by atoms with van der Waals surface area (Å²) in [5.41, 5.74) is 0.482. The molecule has 0 aliphatic heterocycles. The molecule has 1 aromatic carbocycles. The van der Waals surface area contributed by atoms with Crippen LogP contribution in [-0.2, 0) is 11.3 Å². The molecule has 0 aliphatic rings. The highest BCUT2D eigenvalue weighted by Gasteiger charge is 2.06. The number of carbonyl (C=O) groups excluding carboxylic acids is 1. The zero-order valence-corrected chi connectivity index (χ0v) is 10.4. The second-order valence-electron chi connectivity index (χ2n) is 3.80. The van der Waals surface area contributed by atoms with Crippen LogP contribution in [0.1, 0.15) is 5.56 Å². The van der Waals surface area contributed by atoms with E-state index in [9.17, 15) is 9.18 Å². The van der Waals surface area contributed by atoms with Crippen molar-refractivity contribution >= 4 is 11.6 Å². The van der Waals surface area contributed by atoms with Crippen LogP contribution in [0.5, 0.6) is 0 Å². The first-order chi connectivity index (χ1) is 9.69. The second kappa shape index (κ2) is 6.45. The first-order valence-electron chi connectivity index (χ1n) is 5.72. The average Bonchev–Trinajstić information content (AvgIpc) is 2.90. The van der Waals surface area contributed by atoms with E-state index in [2.05, 4.69) is 27.5 Å². The lowest BCUT2D eigenvalue weighted by molar-refractivity contribution is -0.116. The van der Waals surface area contributed by atoms with E-state index in [0.29, 0.717) is 5.69 Å². The van der Waals surface area contributed by atoms with Crippen molar-refractivity contribution < 1.29 is 14.3 Å². The van der Waals surface area contributed by atoms with Crippen molar-refractivity contribution in [3.63, 3.8) is 0 Å². The van der Waals surface area contributed by atoms with Gasteiger partial charge in [-0.1, -0.05) is 17.1 Å². The van der Waals surface area contributed by atoms with Crippen LogP contribution in [0.4, 0.5) is 10.1 Å². The second-order valence-corrected chi connectivity index (χ2v) is 3.80. The Morgan fingerprint density at radius 3 is 3.00 bits per heavy atom. The lowest BCUT2D eigenvalue weighted by Crippen LogP contribution is -2.19. The highest BCUT2D eigenvalue weighted by atomic mass is 19.1. The number of aliphatic hydroxyl groups excluding tert-OH is 1. The molecule has 1 aromatic heterocycles. The van der Waals surface area contributed by atoms with Crippen molar-refractivity contribution in [2.45, 2.75) is 6.54 Å². The summed E-state index contributed by atoms with van der Waals surface area (Å²) in [5, 5.41) is 18.3. The molecule has 6 nitrogen and oxygen atoms in total. The van der Waals surface area contributed by atoms with Gasteiger partial charge in [-0.05, 0) is 18.2 Å². The molecular formula is C13H11FN4O2. The molecule has 2 aromatic rings. The smallest absolute Gasteiger partial charge is 0.246 e. The summed E-state index contributed by atoms with van der Waals surface area (Å²) in [4.78, 5) is 11.7. The Balaban J connectivity index is 2.03. The molecule has 1 heterocycles. The monoisotopic (exact) mass is 274 g/mol. The van der Waals surface area contributed by atoms with E-state index in [1.807, 2.05) is 0 Å². The van der Waals surface area contributed by atoms with Crippen LogP contribution >= 0.6 is 0 Å². The summed E-state index contributed by atoms with van der Waals surface area (Å²) >= 11 is 0. The number of nitrogens with one attached hydrogen (secondary N) is 1. The Morgan fingerprint density at radius 2 is 2.35 bits per heavy atom. The molecule has 0 spiro atoms. The van der Waals surface area contributed by atoms with Gasteiger partial charge in [0, 0.05) is 11.9 Å². The van der Waals surface area contributed by atoms with Crippen LogP contribution in [0.3, 0.4) is 0 Å². The third kappa shape index (κ3) is 3.63. The van der Waals surface area contributed by atoms with Gasteiger partial charge in [-0.3, -0.25) is 4.79 Å². The van der Waals surface area contributed by atoms with Gasteiger partial charge in [-0.2, -0.15) is 0 Å². The Morgan fingerprint density at radius 1 is 1.50 bits per heavy atom. The number of aliphatic hydroxyl groups is 1. The van der Waals surface area contributed by atoms with Gasteiger partial charge in [0.1, 0.15) is 19.0 Å². The molecule has 7 heteroatoms. The van der Waals surface area contributed by atoms with Crippen molar-refractivity contribution in [2.24, 2.45) is 0 Å². The van der Waals surface area contributed by atoms with E-state index in [1.54, 1.807) is 6.20 Å². The van der Waals surface area contributed by atoms with Gasteiger partial charge in [0.05, 0.1) is 11.8 Å². The molecule has 1 amide bonds. The molecule has 0 atom stereocenters. The summed E-state index contributed by atoms with van der Waals surface area (Å²) in [5.74, 6) is 3.92. The van der Waals surface area contributed by atoms with Gasteiger partial charge in [-0.15, -0.1) is 5.10 Å². The maximum atomic E-state index is 13.6. The quantitative estimate of drug-likeness (QED) is 0.794. The molecule has 0 radical (unpaired) electrons. The largest absolute Gasteiger partial charge is 0.384 e. The number of aromatic nitrogens is 3. The lowest BCUT2D eigenvalue weighted by atomic mass is 10.2. The Labute approximate surface area is 114 Å². The van der Waals surface area contributed by atoms with Gasteiger partial charge >= 0.3 is 0 Å². The predicted molar refractivity (Wildman–Crippen MR) is 69.0 cm³/mol. The highest BCUT2D eigenvalue weighted by Crippen LogP contribution is 2.13. The molecule has 2 N–H and O–H groups in total. The number of anilines is 1. The van der Waals surface area contributed by atoms with Gasteiger partial charge in [-0.25, -0.2) is 9.07 Å². The van der Waals surface area contributed by atoms with Crippen molar-refractivity contribution in [3.8, 4) is 11.8 Å². The topological polar surface area (TPSA) is 80.0 Å². The number of halogens is 1. The maximum Gasteiger partial charge on any atom is 0.246 e. The summed E-state index contributed by atoms with van der Waals surface area (Å²) < 4.78 is 15.0. The minimum Gasteiger partial charge on any atom is -0.384 e. The number of benzene rings is 1. The SMILES string of the molecule is O=C(Cn1ccnn1)Nc1ccc(C#CCO)c(F)c1. The third-order valence-electron chi connectivity index (χ3n) is 2.33. The first kappa shape index (κ1) is 13.7. The van der Waals surface area contributed by atoms with Gasteiger partial charge in [0.25, 0.3) is 0 Å². The van der Waals surface area contributed by atoms with E-state index in [1.165, 1.54) is 29.1 Å². The first-order valence-corrected chi connectivity index (χ1v) is 5.72. The molecule has 0 aliphatic carbocycles. The van der Waals surface area contributed by atoms with Gasteiger partial charge in [0.2, 0.25) is 5.91 Å². The van der Waals surface area contributed by atoms with Gasteiger partial charge in [0.15, 0.2) is 0 Å². The van der Waals surface area contributed by atoms with Crippen LogP contribution in [0, 0.1) is 17.7 Å². The number of rotatable bonds is 3. The van der Waals surface area contributed by atoms with E-state index >= 15 is 0 Å².